The van der Waals surface area contributed by atoms with Gasteiger partial charge in [-0.2, -0.15) is 0 Å². The second-order valence-electron chi connectivity index (χ2n) is 7.46. The third-order valence-electron chi connectivity index (χ3n) is 5.49. The van der Waals surface area contributed by atoms with Gasteiger partial charge in [0.25, 0.3) is 11.8 Å². The van der Waals surface area contributed by atoms with Crippen LogP contribution < -0.4 is 19.5 Å². The fourth-order valence-corrected chi connectivity index (χ4v) is 3.77. The number of anilines is 1. The molecule has 1 aliphatic heterocycles. The van der Waals surface area contributed by atoms with Crippen LogP contribution in [0.25, 0.3) is 5.57 Å². The van der Waals surface area contributed by atoms with Crippen molar-refractivity contribution in [3.05, 3.63) is 89.4 Å². The number of carbonyl (C=O) groups excluding carboxylic acids is 2. The molecule has 7 nitrogen and oxygen atoms in total. The van der Waals surface area contributed by atoms with Crippen molar-refractivity contribution in [2.24, 2.45) is 0 Å². The average molecular weight is 462 g/mol. The van der Waals surface area contributed by atoms with E-state index < -0.39 is 17.6 Å². The monoisotopic (exact) mass is 462 g/mol. The fourth-order valence-electron chi connectivity index (χ4n) is 3.77. The number of nitrogens with zero attached hydrogens (tertiary/aromatic N) is 1. The zero-order valence-corrected chi connectivity index (χ0v) is 18.9. The van der Waals surface area contributed by atoms with Gasteiger partial charge >= 0.3 is 0 Å². The summed E-state index contributed by atoms with van der Waals surface area (Å²) in [5, 5.41) is 3.06. The van der Waals surface area contributed by atoms with E-state index in [4.69, 9.17) is 14.2 Å². The van der Waals surface area contributed by atoms with Crippen LogP contribution in [0.1, 0.15) is 11.1 Å². The van der Waals surface area contributed by atoms with Crippen molar-refractivity contribution in [3.63, 3.8) is 0 Å². The molecule has 4 rings (SSSR count). The standard InChI is InChI=1S/C26H23FN2O5/c1-32-19-12-13-22(34-3)20(14-19)28-24-23(16-8-10-18(27)11-9-16)25(30)29(26(24)31)15-17-6-4-5-7-21(17)33-2/h4-14,28H,15H2,1-3H3. The summed E-state index contributed by atoms with van der Waals surface area (Å²) in [4.78, 5) is 28.2. The molecule has 0 saturated carbocycles. The third kappa shape index (κ3) is 4.30. The lowest BCUT2D eigenvalue weighted by Crippen LogP contribution is -2.32. The van der Waals surface area contributed by atoms with E-state index in [2.05, 4.69) is 5.32 Å². The Kier molecular flexibility index (Phi) is 6.49. The minimum Gasteiger partial charge on any atom is -0.497 e. The lowest BCUT2D eigenvalue weighted by molar-refractivity contribution is -0.137. The van der Waals surface area contributed by atoms with Crippen LogP contribution in [0, 0.1) is 5.82 Å². The number of para-hydroxylation sites is 1. The second-order valence-corrected chi connectivity index (χ2v) is 7.46. The Balaban J connectivity index is 1.79. The summed E-state index contributed by atoms with van der Waals surface area (Å²) in [6.07, 6.45) is 0. The molecular weight excluding hydrogens is 439 g/mol. The van der Waals surface area contributed by atoms with Gasteiger partial charge < -0.3 is 19.5 Å². The summed E-state index contributed by atoms with van der Waals surface area (Å²) in [7, 11) is 4.54. The number of methoxy groups -OCH3 is 3. The predicted molar refractivity (Wildman–Crippen MR) is 125 cm³/mol. The molecule has 0 aliphatic carbocycles. The van der Waals surface area contributed by atoms with Gasteiger partial charge in [-0.25, -0.2) is 4.39 Å². The van der Waals surface area contributed by atoms with Gasteiger partial charge in [-0.05, 0) is 35.9 Å². The smallest absolute Gasteiger partial charge is 0.278 e. The highest BCUT2D eigenvalue weighted by Gasteiger charge is 2.40. The molecule has 0 atom stereocenters. The summed E-state index contributed by atoms with van der Waals surface area (Å²) >= 11 is 0. The van der Waals surface area contributed by atoms with Crippen LogP contribution in [-0.2, 0) is 16.1 Å². The molecule has 1 heterocycles. The number of benzene rings is 3. The van der Waals surface area contributed by atoms with Crippen molar-refractivity contribution < 1.29 is 28.2 Å². The first-order valence-corrected chi connectivity index (χ1v) is 10.4. The first kappa shape index (κ1) is 22.8. The summed E-state index contributed by atoms with van der Waals surface area (Å²) < 4.78 is 29.7. The van der Waals surface area contributed by atoms with E-state index in [1.807, 2.05) is 0 Å². The second kappa shape index (κ2) is 9.66. The number of nitrogens with one attached hydrogen (secondary N) is 1. The Morgan fingerprint density at radius 3 is 2.21 bits per heavy atom. The topological polar surface area (TPSA) is 77.1 Å². The number of rotatable bonds is 8. The molecule has 3 aromatic rings. The highest BCUT2D eigenvalue weighted by atomic mass is 19.1. The number of hydrogen-bond donors (Lipinski definition) is 1. The van der Waals surface area contributed by atoms with Gasteiger partial charge in [0.2, 0.25) is 0 Å². The van der Waals surface area contributed by atoms with Crippen molar-refractivity contribution in [2.45, 2.75) is 6.54 Å². The molecule has 0 unspecified atom stereocenters. The lowest BCUT2D eigenvalue weighted by Gasteiger charge is -2.17. The summed E-state index contributed by atoms with van der Waals surface area (Å²) in [5.41, 5.74) is 1.71. The Labute approximate surface area is 196 Å². The van der Waals surface area contributed by atoms with E-state index >= 15 is 0 Å². The van der Waals surface area contributed by atoms with E-state index in [0.29, 0.717) is 34.1 Å². The van der Waals surface area contributed by atoms with Gasteiger partial charge in [-0.1, -0.05) is 30.3 Å². The number of hydrogen-bond acceptors (Lipinski definition) is 6. The van der Waals surface area contributed by atoms with Crippen LogP contribution in [0.4, 0.5) is 10.1 Å². The molecule has 34 heavy (non-hydrogen) atoms. The predicted octanol–water partition coefficient (Wildman–Crippen LogP) is 4.24. The van der Waals surface area contributed by atoms with Crippen LogP contribution in [0.5, 0.6) is 17.2 Å². The molecule has 8 heteroatoms. The Morgan fingerprint density at radius 2 is 1.53 bits per heavy atom. The van der Waals surface area contributed by atoms with Crippen LogP contribution in [0.2, 0.25) is 0 Å². The molecule has 3 aromatic carbocycles. The maximum atomic E-state index is 13.6. The van der Waals surface area contributed by atoms with Crippen molar-refractivity contribution >= 4 is 23.1 Å². The van der Waals surface area contributed by atoms with Gasteiger partial charge in [0, 0.05) is 11.6 Å². The van der Waals surface area contributed by atoms with Crippen LogP contribution in [0.15, 0.2) is 72.4 Å². The Morgan fingerprint density at radius 1 is 0.824 bits per heavy atom. The number of carbonyl (C=O) groups is 2. The molecule has 0 fully saturated rings. The summed E-state index contributed by atoms with van der Waals surface area (Å²) in [6.45, 7) is 0.00675. The quantitative estimate of drug-likeness (QED) is 0.505. The van der Waals surface area contributed by atoms with E-state index in [1.165, 1.54) is 45.6 Å². The minimum absolute atomic E-state index is 0.00675. The summed E-state index contributed by atoms with van der Waals surface area (Å²) in [6, 6.07) is 17.6. The lowest BCUT2D eigenvalue weighted by atomic mass is 10.0. The third-order valence-corrected chi connectivity index (χ3v) is 5.49. The average Bonchev–Trinajstić information content (AvgIpc) is 3.09. The normalized spacial score (nSPS) is 13.4. The molecule has 0 radical (unpaired) electrons. The van der Waals surface area contributed by atoms with Gasteiger partial charge in [0.15, 0.2) is 0 Å². The van der Waals surface area contributed by atoms with Crippen molar-refractivity contribution in [1.29, 1.82) is 0 Å². The molecule has 2 amide bonds. The maximum Gasteiger partial charge on any atom is 0.278 e. The zero-order chi connectivity index (χ0) is 24.2. The zero-order valence-electron chi connectivity index (χ0n) is 18.9. The Hall–Kier alpha value is -4.33. The fraction of sp³-hybridized carbons (Fsp3) is 0.154. The van der Waals surface area contributed by atoms with Gasteiger partial charge in [0.05, 0.1) is 39.1 Å². The molecular formula is C26H23FN2O5. The molecule has 0 saturated heterocycles. The number of imide groups is 1. The van der Waals surface area contributed by atoms with E-state index in [-0.39, 0.29) is 17.8 Å². The van der Waals surface area contributed by atoms with Crippen molar-refractivity contribution in [1.82, 2.24) is 4.90 Å². The van der Waals surface area contributed by atoms with E-state index in [0.717, 1.165) is 4.90 Å². The van der Waals surface area contributed by atoms with Crippen molar-refractivity contribution in [2.75, 3.05) is 26.6 Å². The van der Waals surface area contributed by atoms with Gasteiger partial charge in [0.1, 0.15) is 28.8 Å². The van der Waals surface area contributed by atoms with E-state index in [9.17, 15) is 14.0 Å². The van der Waals surface area contributed by atoms with Crippen LogP contribution in [-0.4, -0.2) is 38.0 Å². The van der Waals surface area contributed by atoms with Crippen LogP contribution in [0.3, 0.4) is 0 Å². The summed E-state index contributed by atoms with van der Waals surface area (Å²) in [5.74, 6) is 0.0651. The largest absolute Gasteiger partial charge is 0.497 e. The number of halogens is 1. The first-order valence-electron chi connectivity index (χ1n) is 10.4. The highest BCUT2D eigenvalue weighted by Crippen LogP contribution is 2.36. The number of ether oxygens (including phenoxy) is 3. The molecule has 174 valence electrons. The van der Waals surface area contributed by atoms with Crippen molar-refractivity contribution in [3.8, 4) is 17.2 Å². The molecule has 0 bridgehead atoms. The first-order chi connectivity index (χ1) is 16.5. The van der Waals surface area contributed by atoms with Crippen LogP contribution >= 0.6 is 0 Å². The molecule has 0 spiro atoms. The number of amides is 2. The maximum absolute atomic E-state index is 13.6. The molecule has 1 aliphatic rings. The molecule has 0 aromatic heterocycles. The van der Waals surface area contributed by atoms with Gasteiger partial charge in [-0.3, -0.25) is 14.5 Å². The molecule has 1 N–H and O–H groups in total. The van der Waals surface area contributed by atoms with Gasteiger partial charge in [-0.15, -0.1) is 0 Å². The highest BCUT2D eigenvalue weighted by molar-refractivity contribution is 6.36. The van der Waals surface area contributed by atoms with E-state index in [1.54, 1.807) is 42.5 Å². The Bertz CT molecular complexity index is 1270. The minimum atomic E-state index is -0.528. The SMILES string of the molecule is COc1ccc(OC)c(NC2=C(c3ccc(F)cc3)C(=O)N(Cc3ccccc3OC)C2=O)c1.